The number of likely N-dealkylation sites (tertiary alicyclic amines) is 1. The summed E-state index contributed by atoms with van der Waals surface area (Å²) in [6.07, 6.45) is 1.59. The van der Waals surface area contributed by atoms with Crippen molar-refractivity contribution in [3.63, 3.8) is 0 Å². The number of methoxy groups -OCH3 is 1. The average molecular weight is 391 g/mol. The van der Waals surface area contributed by atoms with Gasteiger partial charge in [0.1, 0.15) is 12.4 Å². The Hall–Kier alpha value is -2.28. The van der Waals surface area contributed by atoms with E-state index >= 15 is 0 Å². The van der Waals surface area contributed by atoms with Gasteiger partial charge in [-0.2, -0.15) is 0 Å². The Morgan fingerprint density at radius 1 is 1.29 bits per heavy atom. The summed E-state index contributed by atoms with van der Waals surface area (Å²) in [7, 11) is 5.52. The maximum atomic E-state index is 11.7. The van der Waals surface area contributed by atoms with Crippen molar-refractivity contribution >= 4 is 11.9 Å². The number of nitrogens with one attached hydrogen (secondary N) is 1. The Morgan fingerprint density at radius 3 is 2.64 bits per heavy atom. The summed E-state index contributed by atoms with van der Waals surface area (Å²) in [5.41, 5.74) is 1.07. The first-order valence-electron chi connectivity index (χ1n) is 10.0. The summed E-state index contributed by atoms with van der Waals surface area (Å²) in [6.45, 7) is 6.53. The number of guanidine groups is 1. The number of hydrogen-bond acceptors (Lipinski definition) is 5. The van der Waals surface area contributed by atoms with Gasteiger partial charge in [-0.15, -0.1) is 0 Å². The van der Waals surface area contributed by atoms with Crippen molar-refractivity contribution in [1.82, 2.24) is 15.1 Å². The molecule has 0 bridgehead atoms. The molecule has 1 aliphatic rings. The minimum Gasteiger partial charge on any atom is -0.492 e. The van der Waals surface area contributed by atoms with Gasteiger partial charge in [0.2, 0.25) is 0 Å². The maximum Gasteiger partial charge on any atom is 0.308 e. The Labute approximate surface area is 168 Å². The van der Waals surface area contributed by atoms with Gasteiger partial charge in [-0.05, 0) is 39.9 Å². The van der Waals surface area contributed by atoms with Gasteiger partial charge in [0.15, 0.2) is 5.96 Å². The highest BCUT2D eigenvalue weighted by Gasteiger charge is 2.26. The third-order valence-electron chi connectivity index (χ3n) is 4.83. The van der Waals surface area contributed by atoms with Crippen molar-refractivity contribution in [1.29, 1.82) is 0 Å². The number of esters is 1. The van der Waals surface area contributed by atoms with E-state index in [0.717, 1.165) is 56.3 Å². The molecule has 0 unspecified atom stereocenters. The average Bonchev–Trinajstić information content (AvgIpc) is 2.71. The number of para-hydroxylation sites is 1. The zero-order valence-corrected chi connectivity index (χ0v) is 17.6. The van der Waals surface area contributed by atoms with Crippen LogP contribution in [0, 0.1) is 5.92 Å². The fraction of sp³-hybridized carbons (Fsp3) is 0.619. The molecule has 1 aromatic rings. The van der Waals surface area contributed by atoms with Gasteiger partial charge < -0.3 is 24.6 Å². The van der Waals surface area contributed by atoms with Crippen molar-refractivity contribution < 1.29 is 14.3 Å². The number of aliphatic imine (C=N–C) groups is 1. The molecule has 2 rings (SSSR count). The molecule has 0 atom stereocenters. The molecule has 1 aromatic carbocycles. The van der Waals surface area contributed by atoms with Crippen LogP contribution in [0.15, 0.2) is 29.3 Å². The van der Waals surface area contributed by atoms with Crippen LogP contribution in [-0.4, -0.2) is 75.7 Å². The summed E-state index contributed by atoms with van der Waals surface area (Å²) < 4.78 is 10.8. The number of piperidine rings is 1. The number of ether oxygens (including phenoxy) is 2. The molecule has 7 heteroatoms. The molecule has 1 saturated heterocycles. The second-order valence-corrected chi connectivity index (χ2v) is 7.21. The van der Waals surface area contributed by atoms with Crippen LogP contribution in [0.2, 0.25) is 0 Å². The lowest BCUT2D eigenvalue weighted by atomic mass is 9.97. The van der Waals surface area contributed by atoms with Crippen LogP contribution in [-0.2, 0) is 16.1 Å². The van der Waals surface area contributed by atoms with Crippen LogP contribution < -0.4 is 10.1 Å². The predicted octanol–water partition coefficient (Wildman–Crippen LogP) is 1.98. The molecule has 7 nitrogen and oxygen atoms in total. The van der Waals surface area contributed by atoms with E-state index in [-0.39, 0.29) is 11.9 Å². The van der Waals surface area contributed by atoms with E-state index in [0.29, 0.717) is 13.2 Å². The normalized spacial score (nSPS) is 15.6. The van der Waals surface area contributed by atoms with Crippen molar-refractivity contribution in [3.05, 3.63) is 29.8 Å². The van der Waals surface area contributed by atoms with Crippen LogP contribution in [0.4, 0.5) is 0 Å². The second-order valence-electron chi connectivity index (χ2n) is 7.21. The van der Waals surface area contributed by atoms with Crippen molar-refractivity contribution in [2.75, 3.05) is 54.0 Å². The highest BCUT2D eigenvalue weighted by atomic mass is 16.5. The predicted molar refractivity (Wildman–Crippen MR) is 112 cm³/mol. The molecule has 1 aliphatic heterocycles. The first-order chi connectivity index (χ1) is 13.5. The summed E-state index contributed by atoms with van der Waals surface area (Å²) in [5, 5.41) is 3.37. The van der Waals surface area contributed by atoms with Crippen molar-refractivity contribution in [3.8, 4) is 5.75 Å². The van der Waals surface area contributed by atoms with Gasteiger partial charge in [0.05, 0.1) is 19.6 Å². The third kappa shape index (κ3) is 6.71. The van der Waals surface area contributed by atoms with Gasteiger partial charge >= 0.3 is 5.97 Å². The highest BCUT2D eigenvalue weighted by Crippen LogP contribution is 2.21. The van der Waals surface area contributed by atoms with E-state index in [2.05, 4.69) is 28.1 Å². The molecule has 1 fully saturated rings. The van der Waals surface area contributed by atoms with Gasteiger partial charge in [-0.25, -0.2) is 4.99 Å². The minimum atomic E-state index is -0.106. The lowest BCUT2D eigenvalue weighted by Gasteiger charge is -2.33. The fourth-order valence-corrected chi connectivity index (χ4v) is 3.19. The first-order valence-corrected chi connectivity index (χ1v) is 10.0. The monoisotopic (exact) mass is 390 g/mol. The molecule has 0 spiro atoms. The second kappa shape index (κ2) is 11.5. The van der Waals surface area contributed by atoms with Crippen LogP contribution in [0.5, 0.6) is 5.75 Å². The number of benzene rings is 1. The largest absolute Gasteiger partial charge is 0.492 e. The highest BCUT2D eigenvalue weighted by molar-refractivity contribution is 5.80. The number of hydrogen-bond donors (Lipinski definition) is 1. The van der Waals surface area contributed by atoms with Gasteiger partial charge in [0, 0.05) is 31.7 Å². The third-order valence-corrected chi connectivity index (χ3v) is 4.83. The quantitative estimate of drug-likeness (QED) is 0.416. The van der Waals surface area contributed by atoms with E-state index in [1.54, 1.807) is 0 Å². The smallest absolute Gasteiger partial charge is 0.308 e. The number of nitrogens with zero attached hydrogens (tertiary/aromatic N) is 3. The number of rotatable bonds is 8. The number of likely N-dealkylation sites (N-methyl/N-ethyl adjacent to an activating group) is 1. The topological polar surface area (TPSA) is 66.4 Å². The molecule has 0 aliphatic carbocycles. The molecular formula is C21H34N4O3. The standard InChI is InChI=1S/C21H34N4O3/c1-5-22-21(25-12-10-17(11-13-25)20(26)27-4)23-16-18-8-6-7-9-19(18)28-15-14-24(2)3/h6-9,17H,5,10-16H2,1-4H3,(H,22,23). The van der Waals surface area contributed by atoms with E-state index in [9.17, 15) is 4.79 Å². The summed E-state index contributed by atoms with van der Waals surface area (Å²) in [4.78, 5) is 20.9. The summed E-state index contributed by atoms with van der Waals surface area (Å²) in [6, 6.07) is 8.05. The molecule has 156 valence electrons. The lowest BCUT2D eigenvalue weighted by Crippen LogP contribution is -2.46. The number of carbonyl (C=O) groups is 1. The molecule has 0 radical (unpaired) electrons. The Morgan fingerprint density at radius 2 is 2.00 bits per heavy atom. The summed E-state index contributed by atoms with van der Waals surface area (Å²) >= 11 is 0. The molecular weight excluding hydrogens is 356 g/mol. The Kier molecular flexibility index (Phi) is 9.07. The lowest BCUT2D eigenvalue weighted by molar-refractivity contribution is -0.146. The van der Waals surface area contributed by atoms with E-state index < -0.39 is 0 Å². The molecule has 0 aromatic heterocycles. The van der Waals surface area contributed by atoms with Crippen molar-refractivity contribution in [2.24, 2.45) is 10.9 Å². The number of carbonyl (C=O) groups excluding carboxylic acids is 1. The minimum absolute atomic E-state index is 0.00468. The van der Waals surface area contributed by atoms with Gasteiger partial charge in [-0.3, -0.25) is 4.79 Å². The van der Waals surface area contributed by atoms with E-state index in [1.807, 2.05) is 32.3 Å². The molecule has 1 heterocycles. The summed E-state index contributed by atoms with van der Waals surface area (Å²) in [5.74, 6) is 1.66. The SMILES string of the molecule is CCNC(=NCc1ccccc1OCCN(C)C)N1CCC(C(=O)OC)CC1. The maximum absolute atomic E-state index is 11.7. The fourth-order valence-electron chi connectivity index (χ4n) is 3.19. The van der Waals surface area contributed by atoms with Crippen LogP contribution in [0.25, 0.3) is 0 Å². The van der Waals surface area contributed by atoms with E-state index in [4.69, 9.17) is 14.5 Å². The van der Waals surface area contributed by atoms with Crippen LogP contribution in [0.1, 0.15) is 25.3 Å². The van der Waals surface area contributed by atoms with Crippen LogP contribution in [0.3, 0.4) is 0 Å². The molecule has 1 N–H and O–H groups in total. The molecule has 0 amide bonds. The Balaban J connectivity index is 2.00. The molecule has 28 heavy (non-hydrogen) atoms. The van der Waals surface area contributed by atoms with Crippen molar-refractivity contribution in [2.45, 2.75) is 26.3 Å². The van der Waals surface area contributed by atoms with E-state index in [1.165, 1.54) is 7.11 Å². The zero-order valence-electron chi connectivity index (χ0n) is 17.6. The van der Waals surface area contributed by atoms with Gasteiger partial charge in [0.25, 0.3) is 0 Å². The van der Waals surface area contributed by atoms with Crippen LogP contribution >= 0.6 is 0 Å². The Bertz CT molecular complexity index is 640. The zero-order chi connectivity index (χ0) is 20.4. The van der Waals surface area contributed by atoms with Gasteiger partial charge in [-0.1, -0.05) is 18.2 Å². The molecule has 0 saturated carbocycles. The first kappa shape index (κ1) is 22.0.